The first-order valence-corrected chi connectivity index (χ1v) is 9.54. The van der Waals surface area contributed by atoms with E-state index in [1.165, 1.54) is 0 Å². The Morgan fingerprint density at radius 2 is 1.86 bits per heavy atom. The Morgan fingerprint density at radius 1 is 1.10 bits per heavy atom. The van der Waals surface area contributed by atoms with Crippen molar-refractivity contribution >= 4 is 11.7 Å². The lowest BCUT2D eigenvalue weighted by Gasteiger charge is -2.33. The largest absolute Gasteiger partial charge is 0.368 e. The first-order valence-electron chi connectivity index (χ1n) is 9.54. The van der Waals surface area contributed by atoms with E-state index in [0.29, 0.717) is 18.7 Å². The number of benzene rings is 1. The van der Waals surface area contributed by atoms with Crippen LogP contribution in [-0.4, -0.2) is 40.6 Å². The van der Waals surface area contributed by atoms with Crippen molar-refractivity contribution in [3.8, 4) is 11.1 Å². The van der Waals surface area contributed by atoms with Crippen LogP contribution < -0.4 is 10.6 Å². The van der Waals surface area contributed by atoms with Crippen molar-refractivity contribution in [2.45, 2.75) is 20.0 Å². The van der Waals surface area contributed by atoms with Gasteiger partial charge in [0.25, 0.3) is 0 Å². The second-order valence-corrected chi connectivity index (χ2v) is 7.13. The van der Waals surface area contributed by atoms with Crippen LogP contribution in [0.1, 0.15) is 33.7 Å². The number of nitrogens with zero attached hydrogens (tertiary/aromatic N) is 4. The molecular formula is C22H23N5O2. The maximum Gasteiger partial charge on any atom is 0.248 e. The molecule has 1 atom stereocenters. The Hall–Kier alpha value is -3.32. The van der Waals surface area contributed by atoms with Gasteiger partial charge in [0.1, 0.15) is 17.7 Å². The molecule has 0 aliphatic carbocycles. The highest BCUT2D eigenvalue weighted by Gasteiger charge is 2.24. The average molecular weight is 389 g/mol. The predicted molar refractivity (Wildman–Crippen MR) is 111 cm³/mol. The monoisotopic (exact) mass is 389 g/mol. The van der Waals surface area contributed by atoms with E-state index in [4.69, 9.17) is 10.5 Å². The lowest BCUT2D eigenvalue weighted by Crippen LogP contribution is -2.39. The van der Waals surface area contributed by atoms with E-state index in [-0.39, 0.29) is 6.10 Å². The fourth-order valence-corrected chi connectivity index (χ4v) is 3.49. The molecule has 1 amide bonds. The normalized spacial score (nSPS) is 16.6. The summed E-state index contributed by atoms with van der Waals surface area (Å²) in [6.07, 6.45) is 1.71. The maximum atomic E-state index is 11.2. The van der Waals surface area contributed by atoms with Crippen LogP contribution in [0.25, 0.3) is 11.1 Å². The number of hydrogen-bond donors (Lipinski definition) is 1. The summed E-state index contributed by atoms with van der Waals surface area (Å²) in [6.45, 7) is 5.98. The SMILES string of the molecule is Cc1cc(N2CCOC(c3ccc(-c4ccc(C(N)=O)cc4)cn3)C2)nc(C)n1. The summed E-state index contributed by atoms with van der Waals surface area (Å²) in [5.41, 5.74) is 9.58. The minimum Gasteiger partial charge on any atom is -0.368 e. The van der Waals surface area contributed by atoms with Crippen LogP contribution in [0.3, 0.4) is 0 Å². The van der Waals surface area contributed by atoms with Gasteiger partial charge in [0, 0.05) is 35.6 Å². The van der Waals surface area contributed by atoms with E-state index in [0.717, 1.165) is 40.7 Å². The second-order valence-electron chi connectivity index (χ2n) is 7.13. The van der Waals surface area contributed by atoms with Crippen molar-refractivity contribution in [2.75, 3.05) is 24.6 Å². The van der Waals surface area contributed by atoms with Crippen molar-refractivity contribution in [1.29, 1.82) is 0 Å². The van der Waals surface area contributed by atoms with Crippen molar-refractivity contribution < 1.29 is 9.53 Å². The summed E-state index contributed by atoms with van der Waals surface area (Å²) in [7, 11) is 0. The van der Waals surface area contributed by atoms with E-state index in [2.05, 4.69) is 19.9 Å². The first-order chi connectivity index (χ1) is 14.0. The molecule has 4 rings (SSSR count). The number of carbonyl (C=O) groups excluding carboxylic acids is 1. The van der Waals surface area contributed by atoms with Gasteiger partial charge in [0.15, 0.2) is 0 Å². The molecule has 3 aromatic rings. The van der Waals surface area contributed by atoms with Crippen LogP contribution in [-0.2, 0) is 4.74 Å². The molecule has 0 radical (unpaired) electrons. The Labute approximate surface area is 169 Å². The van der Waals surface area contributed by atoms with Gasteiger partial charge in [-0.15, -0.1) is 0 Å². The van der Waals surface area contributed by atoms with Gasteiger partial charge in [-0.25, -0.2) is 9.97 Å². The molecule has 1 aromatic carbocycles. The Bertz CT molecular complexity index is 998. The highest BCUT2D eigenvalue weighted by atomic mass is 16.5. The zero-order chi connectivity index (χ0) is 20.4. The molecule has 1 aliphatic heterocycles. The molecule has 0 saturated carbocycles. The summed E-state index contributed by atoms with van der Waals surface area (Å²) < 4.78 is 5.96. The van der Waals surface area contributed by atoms with Gasteiger partial charge in [-0.1, -0.05) is 18.2 Å². The Kier molecular flexibility index (Phi) is 5.22. The molecule has 0 bridgehead atoms. The zero-order valence-electron chi connectivity index (χ0n) is 16.5. The highest BCUT2D eigenvalue weighted by Crippen LogP contribution is 2.26. The molecule has 148 valence electrons. The van der Waals surface area contributed by atoms with Crippen molar-refractivity contribution in [3.63, 3.8) is 0 Å². The number of amides is 1. The molecule has 2 aromatic heterocycles. The minimum atomic E-state index is -0.432. The predicted octanol–water partition coefficient (Wildman–Crippen LogP) is 2.83. The van der Waals surface area contributed by atoms with Crippen LogP contribution in [0.2, 0.25) is 0 Å². The lowest BCUT2D eigenvalue weighted by atomic mass is 10.0. The summed E-state index contributed by atoms with van der Waals surface area (Å²) in [5.74, 6) is 1.26. The maximum absolute atomic E-state index is 11.2. The summed E-state index contributed by atoms with van der Waals surface area (Å²) in [6, 6.07) is 13.2. The molecule has 1 aliphatic rings. The third-order valence-electron chi connectivity index (χ3n) is 4.96. The fourth-order valence-electron chi connectivity index (χ4n) is 3.49. The first kappa shape index (κ1) is 19.0. The van der Waals surface area contributed by atoms with Crippen molar-refractivity contribution in [2.24, 2.45) is 5.73 Å². The third kappa shape index (κ3) is 4.25. The number of carbonyl (C=O) groups is 1. The molecule has 1 unspecified atom stereocenters. The van der Waals surface area contributed by atoms with Gasteiger partial charge in [0.05, 0.1) is 18.8 Å². The van der Waals surface area contributed by atoms with Gasteiger partial charge in [-0.05, 0) is 37.6 Å². The van der Waals surface area contributed by atoms with Gasteiger partial charge in [-0.2, -0.15) is 0 Å². The third-order valence-corrected chi connectivity index (χ3v) is 4.96. The number of hydrogen-bond acceptors (Lipinski definition) is 6. The zero-order valence-corrected chi connectivity index (χ0v) is 16.5. The number of aryl methyl sites for hydroxylation is 2. The molecule has 7 heteroatoms. The number of morpholine rings is 1. The number of rotatable bonds is 4. The van der Waals surface area contributed by atoms with Gasteiger partial charge >= 0.3 is 0 Å². The number of pyridine rings is 1. The summed E-state index contributed by atoms with van der Waals surface area (Å²) in [4.78, 5) is 27.0. The van der Waals surface area contributed by atoms with Crippen LogP contribution in [0, 0.1) is 13.8 Å². The van der Waals surface area contributed by atoms with E-state index in [1.807, 2.05) is 50.4 Å². The molecule has 1 fully saturated rings. The van der Waals surface area contributed by atoms with Crippen LogP contribution >= 0.6 is 0 Å². The minimum absolute atomic E-state index is 0.120. The lowest BCUT2D eigenvalue weighted by molar-refractivity contribution is 0.0367. The van der Waals surface area contributed by atoms with E-state index >= 15 is 0 Å². The van der Waals surface area contributed by atoms with Gasteiger partial charge < -0.3 is 15.4 Å². The topological polar surface area (TPSA) is 94.2 Å². The molecule has 29 heavy (non-hydrogen) atoms. The standard InChI is InChI=1S/C22H23N5O2/c1-14-11-21(26-15(2)25-14)27-9-10-29-20(13-27)19-8-7-18(12-24-19)16-3-5-17(6-4-16)22(23)28/h3-8,11-12,20H,9-10,13H2,1-2H3,(H2,23,28). The summed E-state index contributed by atoms with van der Waals surface area (Å²) >= 11 is 0. The molecule has 3 heterocycles. The van der Waals surface area contributed by atoms with E-state index < -0.39 is 5.91 Å². The molecule has 7 nitrogen and oxygen atoms in total. The smallest absolute Gasteiger partial charge is 0.248 e. The number of anilines is 1. The Balaban J connectivity index is 1.50. The second kappa shape index (κ2) is 7.97. The number of nitrogens with two attached hydrogens (primary N) is 1. The molecule has 1 saturated heterocycles. The van der Waals surface area contributed by atoms with Crippen molar-refractivity contribution in [3.05, 3.63) is 71.4 Å². The number of ether oxygens (including phenoxy) is 1. The quantitative estimate of drug-likeness (QED) is 0.737. The van der Waals surface area contributed by atoms with Crippen molar-refractivity contribution in [1.82, 2.24) is 15.0 Å². The van der Waals surface area contributed by atoms with Crippen LogP contribution in [0.15, 0.2) is 48.7 Å². The van der Waals surface area contributed by atoms with Gasteiger partial charge in [0.2, 0.25) is 5.91 Å². The highest BCUT2D eigenvalue weighted by molar-refractivity contribution is 5.93. The number of aromatic nitrogens is 3. The molecule has 0 spiro atoms. The fraction of sp³-hybridized carbons (Fsp3) is 0.273. The molecular weight excluding hydrogens is 366 g/mol. The summed E-state index contributed by atoms with van der Waals surface area (Å²) in [5, 5.41) is 0. The Morgan fingerprint density at radius 3 is 2.52 bits per heavy atom. The average Bonchev–Trinajstić information content (AvgIpc) is 2.73. The molecule has 2 N–H and O–H groups in total. The van der Waals surface area contributed by atoms with Gasteiger partial charge in [-0.3, -0.25) is 9.78 Å². The van der Waals surface area contributed by atoms with Crippen LogP contribution in [0.5, 0.6) is 0 Å². The van der Waals surface area contributed by atoms with E-state index in [1.54, 1.807) is 12.1 Å². The van der Waals surface area contributed by atoms with E-state index in [9.17, 15) is 4.79 Å². The van der Waals surface area contributed by atoms with Crippen LogP contribution in [0.4, 0.5) is 5.82 Å². The number of primary amides is 1.